The maximum Gasteiger partial charge on any atom is 0.490 e. The maximum atomic E-state index is 12.6. The van der Waals surface area contributed by atoms with Crippen molar-refractivity contribution in [1.82, 2.24) is 9.55 Å². The number of carboxylic acid groups (broad SMARTS) is 1. The van der Waals surface area contributed by atoms with E-state index >= 15 is 0 Å². The van der Waals surface area contributed by atoms with Crippen molar-refractivity contribution in [3.63, 3.8) is 0 Å². The molecular weight excluding hydrogens is 529 g/mol. The molecular formula is C24H20BrF3N4O3. The zero-order chi connectivity index (χ0) is 25.6. The van der Waals surface area contributed by atoms with Gasteiger partial charge in [0, 0.05) is 40.5 Å². The standard InChI is InChI=1S/C22H19BrN4O.C2HF3O2/c1-27-14-15(18-6-2-3-7-21(18)27)11-22(28)26-16-8-9-20(19(23)12-16)25-17-5-4-10-24-13-17;3-2(4,5)1(6)7/h2-10,12-14,25H,11H2,1H3,(H,26,28);(H,6,7). The summed E-state index contributed by atoms with van der Waals surface area (Å²) in [7, 11) is 1.99. The van der Waals surface area contributed by atoms with E-state index in [2.05, 4.69) is 37.6 Å². The highest BCUT2D eigenvalue weighted by Gasteiger charge is 2.38. The molecule has 2 heterocycles. The molecule has 2 aromatic carbocycles. The van der Waals surface area contributed by atoms with Crippen LogP contribution in [0.5, 0.6) is 0 Å². The number of aryl methyl sites for hydroxylation is 1. The van der Waals surface area contributed by atoms with Crippen molar-refractivity contribution in [3.05, 3.63) is 83.2 Å². The molecule has 4 rings (SSSR count). The van der Waals surface area contributed by atoms with Gasteiger partial charge in [-0.3, -0.25) is 9.78 Å². The van der Waals surface area contributed by atoms with E-state index < -0.39 is 12.1 Å². The third-order valence-electron chi connectivity index (χ3n) is 4.77. The highest BCUT2D eigenvalue weighted by Crippen LogP contribution is 2.29. The predicted molar refractivity (Wildman–Crippen MR) is 131 cm³/mol. The lowest BCUT2D eigenvalue weighted by Crippen LogP contribution is -2.21. The normalized spacial score (nSPS) is 10.9. The summed E-state index contributed by atoms with van der Waals surface area (Å²) < 4.78 is 34.6. The van der Waals surface area contributed by atoms with E-state index in [-0.39, 0.29) is 5.91 Å². The van der Waals surface area contributed by atoms with E-state index in [1.165, 1.54) is 0 Å². The number of alkyl halides is 3. The van der Waals surface area contributed by atoms with Crippen molar-refractivity contribution in [2.45, 2.75) is 12.6 Å². The number of nitrogens with zero attached hydrogens (tertiary/aromatic N) is 2. The molecule has 11 heteroatoms. The van der Waals surface area contributed by atoms with E-state index in [1.807, 2.05) is 66.3 Å². The number of amides is 1. The van der Waals surface area contributed by atoms with Crippen LogP contribution in [0.2, 0.25) is 0 Å². The number of fused-ring (bicyclic) bond motifs is 1. The number of anilines is 3. The Balaban J connectivity index is 0.000000429. The quantitative estimate of drug-likeness (QED) is 0.289. The molecule has 4 aromatic rings. The number of carbonyl (C=O) groups excluding carboxylic acids is 1. The molecule has 35 heavy (non-hydrogen) atoms. The number of rotatable bonds is 5. The van der Waals surface area contributed by atoms with Crippen molar-refractivity contribution < 1.29 is 27.9 Å². The highest BCUT2D eigenvalue weighted by molar-refractivity contribution is 9.10. The van der Waals surface area contributed by atoms with Crippen LogP contribution < -0.4 is 10.6 Å². The van der Waals surface area contributed by atoms with Crippen molar-refractivity contribution in [3.8, 4) is 0 Å². The zero-order valence-corrected chi connectivity index (χ0v) is 19.9. The van der Waals surface area contributed by atoms with Crippen molar-refractivity contribution in [2.24, 2.45) is 7.05 Å². The van der Waals surface area contributed by atoms with E-state index in [4.69, 9.17) is 9.90 Å². The summed E-state index contributed by atoms with van der Waals surface area (Å²) in [6.45, 7) is 0. The number of aliphatic carboxylic acids is 1. The second kappa shape index (κ2) is 11.0. The number of benzene rings is 2. The average Bonchev–Trinajstić information content (AvgIpc) is 3.11. The first-order valence-electron chi connectivity index (χ1n) is 10.1. The monoisotopic (exact) mass is 548 g/mol. The van der Waals surface area contributed by atoms with Gasteiger partial charge in [-0.15, -0.1) is 0 Å². The number of pyridine rings is 1. The van der Waals surface area contributed by atoms with Crippen LogP contribution in [-0.4, -0.2) is 32.7 Å². The SMILES string of the molecule is Cn1cc(CC(=O)Nc2ccc(Nc3cccnc3)c(Br)c2)c2ccccc21.O=C(O)C(F)(F)F. The number of aromatic nitrogens is 2. The van der Waals surface area contributed by atoms with Gasteiger partial charge in [-0.2, -0.15) is 13.2 Å². The predicted octanol–water partition coefficient (Wildman–Crippen LogP) is 5.89. The summed E-state index contributed by atoms with van der Waals surface area (Å²) in [6, 6.07) is 17.6. The van der Waals surface area contributed by atoms with Crippen LogP contribution in [0.15, 0.2) is 77.7 Å². The van der Waals surface area contributed by atoms with E-state index in [1.54, 1.807) is 12.4 Å². The number of para-hydroxylation sites is 1. The molecule has 0 atom stereocenters. The molecule has 0 fully saturated rings. The van der Waals surface area contributed by atoms with Crippen molar-refractivity contribution in [1.29, 1.82) is 0 Å². The lowest BCUT2D eigenvalue weighted by molar-refractivity contribution is -0.192. The Labute approximate surface area is 206 Å². The van der Waals surface area contributed by atoms with Crippen LogP contribution in [0.1, 0.15) is 5.56 Å². The molecule has 3 N–H and O–H groups in total. The first-order chi connectivity index (χ1) is 16.5. The minimum Gasteiger partial charge on any atom is -0.475 e. The third kappa shape index (κ3) is 7.06. The Morgan fingerprint density at radius 3 is 2.43 bits per heavy atom. The summed E-state index contributed by atoms with van der Waals surface area (Å²) >= 11 is 3.56. The van der Waals surface area contributed by atoms with Crippen LogP contribution >= 0.6 is 15.9 Å². The van der Waals surface area contributed by atoms with Gasteiger partial charge < -0.3 is 20.3 Å². The van der Waals surface area contributed by atoms with Crippen LogP contribution in [0.3, 0.4) is 0 Å². The van der Waals surface area contributed by atoms with Gasteiger partial charge in [-0.25, -0.2) is 4.79 Å². The van der Waals surface area contributed by atoms with Gasteiger partial charge in [-0.05, 0) is 57.9 Å². The number of hydrogen-bond donors (Lipinski definition) is 3. The lowest BCUT2D eigenvalue weighted by atomic mass is 10.1. The Morgan fingerprint density at radius 1 is 1.09 bits per heavy atom. The minimum absolute atomic E-state index is 0.0452. The van der Waals surface area contributed by atoms with Crippen LogP contribution in [0, 0.1) is 0 Å². The molecule has 0 aliphatic rings. The van der Waals surface area contributed by atoms with E-state index in [9.17, 15) is 18.0 Å². The summed E-state index contributed by atoms with van der Waals surface area (Å²) in [5, 5.41) is 14.5. The molecule has 1 amide bonds. The minimum atomic E-state index is -5.08. The summed E-state index contributed by atoms with van der Waals surface area (Å²) in [6.07, 6.45) is 0.747. The van der Waals surface area contributed by atoms with Crippen molar-refractivity contribution >= 4 is 55.8 Å². The number of carbonyl (C=O) groups is 2. The average molecular weight is 549 g/mol. The zero-order valence-electron chi connectivity index (χ0n) is 18.3. The fraction of sp³-hybridized carbons (Fsp3) is 0.125. The van der Waals surface area contributed by atoms with Crippen molar-refractivity contribution in [2.75, 3.05) is 10.6 Å². The first kappa shape index (κ1) is 25.8. The smallest absolute Gasteiger partial charge is 0.475 e. The summed E-state index contributed by atoms with van der Waals surface area (Å²) in [5.74, 6) is -2.80. The molecule has 0 bridgehead atoms. The first-order valence-corrected chi connectivity index (χ1v) is 10.9. The van der Waals surface area contributed by atoms with Gasteiger partial charge in [-0.1, -0.05) is 18.2 Å². The second-order valence-electron chi connectivity index (χ2n) is 7.37. The molecule has 0 unspecified atom stereocenters. The van der Waals surface area contributed by atoms with E-state index in [0.717, 1.165) is 38.0 Å². The van der Waals surface area contributed by atoms with Gasteiger partial charge in [0.2, 0.25) is 5.91 Å². The molecule has 0 spiro atoms. The summed E-state index contributed by atoms with van der Waals surface area (Å²) in [5.41, 5.74) is 4.69. The lowest BCUT2D eigenvalue weighted by Gasteiger charge is -2.11. The van der Waals surface area contributed by atoms with Gasteiger partial charge in [0.05, 0.1) is 24.0 Å². The van der Waals surface area contributed by atoms with Crippen LogP contribution in [-0.2, 0) is 23.1 Å². The molecule has 7 nitrogen and oxygen atoms in total. The largest absolute Gasteiger partial charge is 0.490 e. The Bertz CT molecular complexity index is 1340. The number of nitrogens with one attached hydrogen (secondary N) is 2. The number of carboxylic acids is 1. The Hall–Kier alpha value is -3.86. The Morgan fingerprint density at radius 2 is 1.80 bits per heavy atom. The maximum absolute atomic E-state index is 12.6. The van der Waals surface area contributed by atoms with Crippen LogP contribution in [0.4, 0.5) is 30.2 Å². The molecule has 0 radical (unpaired) electrons. The second-order valence-corrected chi connectivity index (χ2v) is 8.23. The van der Waals surface area contributed by atoms with Gasteiger partial charge in [0.1, 0.15) is 0 Å². The van der Waals surface area contributed by atoms with E-state index in [0.29, 0.717) is 6.42 Å². The molecule has 182 valence electrons. The highest BCUT2D eigenvalue weighted by atomic mass is 79.9. The third-order valence-corrected chi connectivity index (χ3v) is 5.42. The molecule has 0 saturated heterocycles. The fourth-order valence-electron chi connectivity index (χ4n) is 3.23. The molecule has 2 aromatic heterocycles. The number of halogens is 4. The molecule has 0 aliphatic heterocycles. The van der Waals surface area contributed by atoms with Gasteiger partial charge >= 0.3 is 12.1 Å². The van der Waals surface area contributed by atoms with Crippen LogP contribution in [0.25, 0.3) is 10.9 Å². The fourth-order valence-corrected chi connectivity index (χ4v) is 3.71. The number of hydrogen-bond acceptors (Lipinski definition) is 4. The molecule has 0 aliphatic carbocycles. The topological polar surface area (TPSA) is 96.3 Å². The molecule has 0 saturated carbocycles. The Kier molecular flexibility index (Phi) is 8.13. The van der Waals surface area contributed by atoms with Gasteiger partial charge in [0.15, 0.2) is 0 Å². The summed E-state index contributed by atoms with van der Waals surface area (Å²) in [4.78, 5) is 25.6. The van der Waals surface area contributed by atoms with Gasteiger partial charge in [0.25, 0.3) is 0 Å².